The first kappa shape index (κ1) is 10.6. The zero-order valence-corrected chi connectivity index (χ0v) is 8.68. The SMILES string of the molecule is C/C=C(/N)CCNC1CCCCC1. The predicted octanol–water partition coefficient (Wildman–Crippen LogP) is 2.16. The number of nitrogens with two attached hydrogens (primary N) is 1. The molecular formula is C11H22N2. The Morgan fingerprint density at radius 2 is 2.08 bits per heavy atom. The van der Waals surface area contributed by atoms with Gasteiger partial charge in [-0.3, -0.25) is 0 Å². The van der Waals surface area contributed by atoms with Gasteiger partial charge in [-0.05, 0) is 26.2 Å². The molecular weight excluding hydrogens is 160 g/mol. The van der Waals surface area contributed by atoms with E-state index in [1.54, 1.807) is 0 Å². The molecule has 0 aromatic heterocycles. The summed E-state index contributed by atoms with van der Waals surface area (Å²) in [7, 11) is 0. The molecule has 0 spiro atoms. The maximum Gasteiger partial charge on any atom is 0.00672 e. The largest absolute Gasteiger partial charge is 0.402 e. The molecule has 0 heterocycles. The summed E-state index contributed by atoms with van der Waals surface area (Å²) in [6.07, 6.45) is 9.92. The number of hydrogen-bond donors (Lipinski definition) is 2. The van der Waals surface area contributed by atoms with E-state index in [1.165, 1.54) is 32.1 Å². The Hall–Kier alpha value is -0.500. The molecule has 13 heavy (non-hydrogen) atoms. The summed E-state index contributed by atoms with van der Waals surface area (Å²) in [5.41, 5.74) is 6.71. The first-order valence-corrected chi connectivity index (χ1v) is 5.47. The Morgan fingerprint density at radius 3 is 2.69 bits per heavy atom. The summed E-state index contributed by atoms with van der Waals surface area (Å²) in [6.45, 7) is 3.04. The summed E-state index contributed by atoms with van der Waals surface area (Å²) >= 11 is 0. The van der Waals surface area contributed by atoms with Gasteiger partial charge in [0.2, 0.25) is 0 Å². The predicted molar refractivity (Wildman–Crippen MR) is 57.4 cm³/mol. The molecule has 1 rings (SSSR count). The minimum absolute atomic E-state index is 0.762. The van der Waals surface area contributed by atoms with E-state index in [2.05, 4.69) is 5.32 Å². The maximum absolute atomic E-state index is 5.71. The van der Waals surface area contributed by atoms with Crippen LogP contribution in [-0.4, -0.2) is 12.6 Å². The van der Waals surface area contributed by atoms with Crippen LogP contribution in [0.3, 0.4) is 0 Å². The standard InChI is InChI=1S/C11H22N2/c1-2-10(12)8-9-13-11-6-4-3-5-7-11/h2,11,13H,3-9,12H2,1H3/b10-2+. The van der Waals surface area contributed by atoms with Crippen molar-refractivity contribution in [1.29, 1.82) is 0 Å². The second kappa shape index (κ2) is 6.03. The molecule has 76 valence electrons. The molecule has 1 aliphatic carbocycles. The molecule has 1 aliphatic rings. The van der Waals surface area contributed by atoms with Gasteiger partial charge in [-0.15, -0.1) is 0 Å². The van der Waals surface area contributed by atoms with Crippen LogP contribution in [0, 0.1) is 0 Å². The van der Waals surface area contributed by atoms with Crippen molar-refractivity contribution >= 4 is 0 Å². The number of allylic oxidation sites excluding steroid dienone is 1. The highest BCUT2D eigenvalue weighted by molar-refractivity contribution is 4.94. The van der Waals surface area contributed by atoms with E-state index < -0.39 is 0 Å². The van der Waals surface area contributed by atoms with E-state index in [0.29, 0.717) is 0 Å². The number of hydrogen-bond acceptors (Lipinski definition) is 2. The lowest BCUT2D eigenvalue weighted by atomic mass is 9.95. The fraction of sp³-hybridized carbons (Fsp3) is 0.818. The summed E-state index contributed by atoms with van der Waals surface area (Å²) in [6, 6.07) is 0.762. The van der Waals surface area contributed by atoms with Crippen molar-refractivity contribution in [2.45, 2.75) is 51.5 Å². The normalized spacial score (nSPS) is 20.5. The highest BCUT2D eigenvalue weighted by Crippen LogP contribution is 2.17. The van der Waals surface area contributed by atoms with Crippen molar-refractivity contribution in [2.24, 2.45) is 5.73 Å². The Balaban J connectivity index is 2.04. The van der Waals surface area contributed by atoms with Gasteiger partial charge < -0.3 is 11.1 Å². The Labute approximate surface area is 81.6 Å². The van der Waals surface area contributed by atoms with E-state index in [1.807, 2.05) is 13.0 Å². The fourth-order valence-corrected chi connectivity index (χ4v) is 1.87. The second-order valence-corrected chi connectivity index (χ2v) is 3.90. The van der Waals surface area contributed by atoms with Crippen molar-refractivity contribution < 1.29 is 0 Å². The van der Waals surface area contributed by atoms with Crippen LogP contribution in [0.1, 0.15) is 45.4 Å². The lowest BCUT2D eigenvalue weighted by Crippen LogP contribution is -2.32. The second-order valence-electron chi connectivity index (χ2n) is 3.90. The lowest BCUT2D eigenvalue weighted by molar-refractivity contribution is 0.375. The van der Waals surface area contributed by atoms with Gasteiger partial charge in [0.15, 0.2) is 0 Å². The molecule has 0 aromatic carbocycles. The third kappa shape index (κ3) is 4.32. The van der Waals surface area contributed by atoms with E-state index in [0.717, 1.165) is 24.7 Å². The highest BCUT2D eigenvalue weighted by atomic mass is 14.9. The van der Waals surface area contributed by atoms with Gasteiger partial charge in [0.25, 0.3) is 0 Å². The molecule has 3 N–H and O–H groups in total. The van der Waals surface area contributed by atoms with Gasteiger partial charge in [0.1, 0.15) is 0 Å². The Morgan fingerprint density at radius 1 is 1.38 bits per heavy atom. The van der Waals surface area contributed by atoms with Gasteiger partial charge >= 0.3 is 0 Å². The maximum atomic E-state index is 5.71. The highest BCUT2D eigenvalue weighted by Gasteiger charge is 2.11. The smallest absolute Gasteiger partial charge is 0.00672 e. The first-order valence-electron chi connectivity index (χ1n) is 5.47. The molecule has 1 saturated carbocycles. The van der Waals surface area contributed by atoms with Crippen molar-refractivity contribution in [3.8, 4) is 0 Å². The molecule has 0 radical (unpaired) electrons. The van der Waals surface area contributed by atoms with Gasteiger partial charge in [-0.2, -0.15) is 0 Å². The van der Waals surface area contributed by atoms with Crippen LogP contribution in [-0.2, 0) is 0 Å². The van der Waals surface area contributed by atoms with Gasteiger partial charge in [-0.25, -0.2) is 0 Å². The van der Waals surface area contributed by atoms with Crippen LogP contribution in [0.5, 0.6) is 0 Å². The average molecular weight is 182 g/mol. The van der Waals surface area contributed by atoms with Crippen LogP contribution < -0.4 is 11.1 Å². The van der Waals surface area contributed by atoms with Crippen LogP contribution in [0.15, 0.2) is 11.8 Å². The summed E-state index contributed by atoms with van der Waals surface area (Å²) < 4.78 is 0. The zero-order valence-electron chi connectivity index (χ0n) is 8.68. The summed E-state index contributed by atoms with van der Waals surface area (Å²) in [5, 5.41) is 3.57. The van der Waals surface area contributed by atoms with Crippen molar-refractivity contribution in [3.63, 3.8) is 0 Å². The molecule has 2 heteroatoms. The molecule has 0 aliphatic heterocycles. The topological polar surface area (TPSA) is 38.0 Å². The van der Waals surface area contributed by atoms with Gasteiger partial charge in [0.05, 0.1) is 0 Å². The fourth-order valence-electron chi connectivity index (χ4n) is 1.87. The Kier molecular flexibility index (Phi) is 4.91. The third-order valence-electron chi connectivity index (χ3n) is 2.82. The van der Waals surface area contributed by atoms with E-state index >= 15 is 0 Å². The molecule has 0 amide bonds. The van der Waals surface area contributed by atoms with Crippen molar-refractivity contribution in [1.82, 2.24) is 5.32 Å². The zero-order chi connectivity index (χ0) is 9.52. The quantitative estimate of drug-likeness (QED) is 0.699. The van der Waals surface area contributed by atoms with E-state index in [-0.39, 0.29) is 0 Å². The lowest BCUT2D eigenvalue weighted by Gasteiger charge is -2.22. The van der Waals surface area contributed by atoms with Crippen molar-refractivity contribution in [2.75, 3.05) is 6.54 Å². The average Bonchev–Trinajstić information content (AvgIpc) is 2.19. The molecule has 1 fully saturated rings. The third-order valence-corrected chi connectivity index (χ3v) is 2.82. The summed E-state index contributed by atoms with van der Waals surface area (Å²) in [4.78, 5) is 0. The molecule has 0 atom stereocenters. The van der Waals surface area contributed by atoms with Crippen LogP contribution in [0.25, 0.3) is 0 Å². The minimum atomic E-state index is 0.762. The summed E-state index contributed by atoms with van der Waals surface area (Å²) in [5.74, 6) is 0. The van der Waals surface area contributed by atoms with Crippen LogP contribution in [0.4, 0.5) is 0 Å². The van der Waals surface area contributed by atoms with Gasteiger partial charge in [-0.1, -0.05) is 25.3 Å². The molecule has 0 saturated heterocycles. The monoisotopic (exact) mass is 182 g/mol. The number of nitrogens with one attached hydrogen (secondary N) is 1. The Bertz CT molecular complexity index is 157. The van der Waals surface area contributed by atoms with Crippen LogP contribution >= 0.6 is 0 Å². The minimum Gasteiger partial charge on any atom is -0.402 e. The van der Waals surface area contributed by atoms with Gasteiger partial charge in [0, 0.05) is 18.3 Å². The molecule has 0 aromatic rings. The molecule has 0 bridgehead atoms. The first-order chi connectivity index (χ1) is 6.33. The molecule has 0 unspecified atom stereocenters. The van der Waals surface area contributed by atoms with Crippen LogP contribution in [0.2, 0.25) is 0 Å². The molecule has 2 nitrogen and oxygen atoms in total. The van der Waals surface area contributed by atoms with E-state index in [9.17, 15) is 0 Å². The van der Waals surface area contributed by atoms with Crippen molar-refractivity contribution in [3.05, 3.63) is 11.8 Å². The number of rotatable bonds is 4. The van der Waals surface area contributed by atoms with E-state index in [4.69, 9.17) is 5.73 Å².